The lowest BCUT2D eigenvalue weighted by atomic mass is 10.2. The molecule has 1 aromatic rings. The van der Waals surface area contributed by atoms with Crippen LogP contribution in [0, 0.1) is 0 Å². The summed E-state index contributed by atoms with van der Waals surface area (Å²) >= 11 is 7.89. The van der Waals surface area contributed by atoms with Crippen molar-refractivity contribution in [3.8, 4) is 0 Å². The van der Waals surface area contributed by atoms with Crippen LogP contribution in [-0.4, -0.2) is 8.07 Å². The fourth-order valence-corrected chi connectivity index (χ4v) is 5.12. The number of hydrogen-bond donors (Lipinski definition) is 0. The van der Waals surface area contributed by atoms with Crippen molar-refractivity contribution in [2.45, 2.75) is 63.6 Å². The van der Waals surface area contributed by atoms with Gasteiger partial charge in [0.1, 0.15) is 0 Å². The van der Waals surface area contributed by atoms with Crippen LogP contribution in [-0.2, 0) is 0 Å². The second-order valence-corrected chi connectivity index (χ2v) is 13.2. The van der Waals surface area contributed by atoms with Gasteiger partial charge in [0.05, 0.1) is 8.07 Å². The van der Waals surface area contributed by atoms with Crippen LogP contribution in [0.4, 0.5) is 0 Å². The molecule has 0 aliphatic rings. The Balaban J connectivity index is 2.65. The van der Waals surface area contributed by atoms with E-state index in [1.807, 2.05) is 23.9 Å². The Labute approximate surface area is 135 Å². The second-order valence-electron chi connectivity index (χ2n) is 6.22. The van der Waals surface area contributed by atoms with Crippen LogP contribution in [0.1, 0.15) is 39.0 Å². The summed E-state index contributed by atoms with van der Waals surface area (Å²) in [6.45, 7) is 9.54. The molecule has 0 unspecified atom stereocenters. The van der Waals surface area contributed by atoms with E-state index in [1.165, 1.54) is 37.0 Å². The first-order chi connectivity index (χ1) is 9.43. The fraction of sp³-hybridized carbons (Fsp3) is 0.529. The lowest BCUT2D eigenvalue weighted by Gasteiger charge is -2.20. The number of thioether (sulfide) groups is 1. The maximum atomic E-state index is 5.96. The molecule has 0 saturated heterocycles. The minimum Gasteiger partial charge on any atom is -0.0995 e. The van der Waals surface area contributed by atoms with Gasteiger partial charge in [-0.25, -0.2) is 0 Å². The van der Waals surface area contributed by atoms with Crippen LogP contribution in [0.15, 0.2) is 39.8 Å². The number of rotatable bonds is 8. The summed E-state index contributed by atoms with van der Waals surface area (Å²) in [6.07, 6.45) is 9.06. The van der Waals surface area contributed by atoms with Crippen molar-refractivity contribution in [2.75, 3.05) is 0 Å². The topological polar surface area (TPSA) is 0 Å². The van der Waals surface area contributed by atoms with Crippen molar-refractivity contribution in [3.63, 3.8) is 0 Å². The van der Waals surface area contributed by atoms with E-state index in [9.17, 15) is 0 Å². The highest BCUT2D eigenvalue weighted by molar-refractivity contribution is 8.05. The number of allylic oxidation sites excluding steroid dienone is 1. The highest BCUT2D eigenvalue weighted by atomic mass is 35.5. The number of hydrogen-bond acceptors (Lipinski definition) is 1. The monoisotopic (exact) mass is 326 g/mol. The zero-order chi connectivity index (χ0) is 15.0. The summed E-state index contributed by atoms with van der Waals surface area (Å²) in [5.41, 5.74) is 0. The van der Waals surface area contributed by atoms with Crippen molar-refractivity contribution in [3.05, 3.63) is 39.9 Å². The normalized spacial score (nSPS) is 12.8. The lowest BCUT2D eigenvalue weighted by molar-refractivity contribution is 0.674. The van der Waals surface area contributed by atoms with Gasteiger partial charge in [-0.1, -0.05) is 75.3 Å². The van der Waals surface area contributed by atoms with Gasteiger partial charge in [-0.2, -0.15) is 0 Å². The Morgan fingerprint density at radius 1 is 1.10 bits per heavy atom. The SMILES string of the molecule is CCCCCC/C=C(/Sc1ccc(Cl)cc1)[Si](C)(C)C. The highest BCUT2D eigenvalue weighted by Gasteiger charge is 2.20. The Bertz CT molecular complexity index is 418. The summed E-state index contributed by atoms with van der Waals surface area (Å²) in [4.78, 5) is 1.30. The zero-order valence-corrected chi connectivity index (χ0v) is 15.8. The van der Waals surface area contributed by atoms with Gasteiger partial charge in [-0.15, -0.1) is 0 Å². The molecular formula is C17H27ClSSi. The molecule has 1 rings (SSSR count). The molecule has 0 bridgehead atoms. The highest BCUT2D eigenvalue weighted by Crippen LogP contribution is 2.34. The third-order valence-corrected chi connectivity index (χ3v) is 8.14. The van der Waals surface area contributed by atoms with E-state index in [-0.39, 0.29) is 0 Å². The van der Waals surface area contributed by atoms with Crippen molar-refractivity contribution in [1.82, 2.24) is 0 Å². The van der Waals surface area contributed by atoms with Crippen LogP contribution in [0.25, 0.3) is 0 Å². The van der Waals surface area contributed by atoms with Gasteiger partial charge < -0.3 is 0 Å². The molecule has 0 aromatic heterocycles. The number of unbranched alkanes of at least 4 members (excludes halogenated alkanes) is 4. The first-order valence-electron chi connectivity index (χ1n) is 7.57. The molecule has 3 heteroatoms. The van der Waals surface area contributed by atoms with Crippen molar-refractivity contribution in [2.24, 2.45) is 0 Å². The molecule has 0 N–H and O–H groups in total. The van der Waals surface area contributed by atoms with Gasteiger partial charge in [-0.3, -0.25) is 0 Å². The van der Waals surface area contributed by atoms with E-state index < -0.39 is 8.07 Å². The van der Waals surface area contributed by atoms with E-state index in [1.54, 1.807) is 4.53 Å². The van der Waals surface area contributed by atoms with Crippen LogP contribution in [0.2, 0.25) is 24.7 Å². The lowest BCUT2D eigenvalue weighted by Crippen LogP contribution is -2.22. The summed E-state index contributed by atoms with van der Waals surface area (Å²) < 4.78 is 1.59. The van der Waals surface area contributed by atoms with E-state index in [4.69, 9.17) is 11.6 Å². The molecule has 1 aromatic carbocycles. The fourth-order valence-electron chi connectivity index (χ4n) is 1.93. The third kappa shape index (κ3) is 7.01. The molecule has 0 nitrogen and oxygen atoms in total. The summed E-state index contributed by atoms with van der Waals surface area (Å²) in [5, 5.41) is 0.812. The minimum atomic E-state index is -1.26. The van der Waals surface area contributed by atoms with Gasteiger partial charge in [-0.05, 0) is 41.6 Å². The molecule has 0 radical (unpaired) electrons. The average molecular weight is 327 g/mol. The second kappa shape index (κ2) is 8.96. The quantitative estimate of drug-likeness (QED) is 0.277. The zero-order valence-electron chi connectivity index (χ0n) is 13.2. The molecule has 0 heterocycles. The van der Waals surface area contributed by atoms with Gasteiger partial charge in [0.25, 0.3) is 0 Å². The Hall–Kier alpha value is -0.183. The number of halogens is 1. The van der Waals surface area contributed by atoms with Gasteiger partial charge >= 0.3 is 0 Å². The van der Waals surface area contributed by atoms with Crippen molar-refractivity contribution < 1.29 is 0 Å². The molecule has 0 aliphatic heterocycles. The molecule has 0 saturated carbocycles. The summed E-state index contributed by atoms with van der Waals surface area (Å²) in [7, 11) is -1.26. The van der Waals surface area contributed by atoms with Crippen molar-refractivity contribution in [1.29, 1.82) is 0 Å². The maximum absolute atomic E-state index is 5.96. The Kier molecular flexibility index (Phi) is 8.01. The smallest absolute Gasteiger partial charge is 0.0857 e. The van der Waals surface area contributed by atoms with Crippen LogP contribution in [0.5, 0.6) is 0 Å². The molecule has 20 heavy (non-hydrogen) atoms. The largest absolute Gasteiger partial charge is 0.0995 e. The molecule has 0 aliphatic carbocycles. The van der Waals surface area contributed by atoms with Gasteiger partial charge in [0.15, 0.2) is 0 Å². The van der Waals surface area contributed by atoms with E-state index in [0.717, 1.165) is 5.02 Å². The summed E-state index contributed by atoms with van der Waals surface area (Å²) in [5.74, 6) is 0. The third-order valence-electron chi connectivity index (χ3n) is 3.17. The first-order valence-corrected chi connectivity index (χ1v) is 12.3. The van der Waals surface area contributed by atoms with E-state index in [2.05, 4.69) is 44.8 Å². The minimum absolute atomic E-state index is 0.812. The predicted octanol–water partition coefficient (Wildman–Crippen LogP) is 7.16. The maximum Gasteiger partial charge on any atom is 0.0857 e. The first kappa shape index (κ1) is 17.9. The average Bonchev–Trinajstić information content (AvgIpc) is 2.38. The molecule has 112 valence electrons. The number of benzene rings is 1. The van der Waals surface area contributed by atoms with Crippen LogP contribution >= 0.6 is 23.4 Å². The molecule has 0 fully saturated rings. The molecule has 0 amide bonds. The van der Waals surface area contributed by atoms with E-state index in [0.29, 0.717) is 0 Å². The predicted molar refractivity (Wildman–Crippen MR) is 97.5 cm³/mol. The molecular weight excluding hydrogens is 300 g/mol. The van der Waals surface area contributed by atoms with Gasteiger partial charge in [0, 0.05) is 9.92 Å². The molecule has 0 spiro atoms. The van der Waals surface area contributed by atoms with Crippen molar-refractivity contribution >= 4 is 31.4 Å². The Morgan fingerprint density at radius 3 is 2.30 bits per heavy atom. The Morgan fingerprint density at radius 2 is 1.75 bits per heavy atom. The molecule has 0 atom stereocenters. The summed E-state index contributed by atoms with van der Waals surface area (Å²) in [6, 6.07) is 8.20. The van der Waals surface area contributed by atoms with Gasteiger partial charge in [0.2, 0.25) is 0 Å². The standard InChI is InChI=1S/C17H27ClSSi/c1-5-6-7-8-9-10-17(20(2,3)4)19-16-13-11-15(18)12-14-16/h10-14H,5-9H2,1-4H3/b17-10-. The van der Waals surface area contributed by atoms with E-state index >= 15 is 0 Å². The van der Waals surface area contributed by atoms with Crippen LogP contribution in [0.3, 0.4) is 0 Å². The van der Waals surface area contributed by atoms with Crippen LogP contribution < -0.4 is 0 Å².